The van der Waals surface area contributed by atoms with E-state index in [1.807, 2.05) is 0 Å². The van der Waals surface area contributed by atoms with Gasteiger partial charge < -0.3 is 16.0 Å². The first kappa shape index (κ1) is 21.1. The molecule has 0 aliphatic heterocycles. The van der Waals surface area contributed by atoms with E-state index < -0.39 is 11.8 Å². The van der Waals surface area contributed by atoms with Crippen molar-refractivity contribution in [2.24, 2.45) is 0 Å². The molecule has 0 spiro atoms. The quantitative estimate of drug-likeness (QED) is 0.423. The molecule has 0 radical (unpaired) electrons. The molecule has 0 fully saturated rings. The molecule has 0 aliphatic carbocycles. The average Bonchev–Trinajstić information content (AvgIpc) is 3.17. The van der Waals surface area contributed by atoms with Crippen LogP contribution >= 0.6 is 23.2 Å². The molecule has 0 unspecified atom stereocenters. The highest BCUT2D eigenvalue weighted by atomic mass is 35.5. The van der Waals surface area contributed by atoms with E-state index in [2.05, 4.69) is 32.7 Å². The predicted octanol–water partition coefficient (Wildman–Crippen LogP) is 4.35. The van der Waals surface area contributed by atoms with Crippen LogP contribution in [0.25, 0.3) is 0 Å². The van der Waals surface area contributed by atoms with E-state index in [1.54, 1.807) is 30.3 Å². The number of halogens is 2. The third kappa shape index (κ3) is 4.86. The van der Waals surface area contributed by atoms with Crippen LogP contribution in [0.3, 0.4) is 0 Å². The summed E-state index contributed by atoms with van der Waals surface area (Å²) in [5, 5.41) is 14.6. The van der Waals surface area contributed by atoms with Gasteiger partial charge in [-0.05, 0) is 42.5 Å². The molecule has 2 aromatic carbocycles. The second kappa shape index (κ2) is 9.25. The predicted molar refractivity (Wildman–Crippen MR) is 116 cm³/mol. The summed E-state index contributed by atoms with van der Waals surface area (Å²) in [5.41, 5.74) is 1.30. The zero-order valence-electron chi connectivity index (χ0n) is 15.3. The van der Waals surface area contributed by atoms with Crippen molar-refractivity contribution >= 4 is 58.0 Å². The Kier molecular flexibility index (Phi) is 6.51. The molecule has 1 aromatic heterocycles. The van der Waals surface area contributed by atoms with Crippen molar-refractivity contribution in [1.29, 1.82) is 0 Å². The van der Waals surface area contributed by atoms with Crippen molar-refractivity contribution in [1.82, 2.24) is 10.2 Å². The van der Waals surface area contributed by atoms with Crippen molar-refractivity contribution in [2.75, 3.05) is 16.0 Å². The van der Waals surface area contributed by atoms with Gasteiger partial charge in [-0.3, -0.25) is 19.5 Å². The molecule has 3 rings (SSSR count). The van der Waals surface area contributed by atoms with E-state index in [1.165, 1.54) is 18.3 Å². The second-order valence-electron chi connectivity index (χ2n) is 5.93. The summed E-state index contributed by atoms with van der Waals surface area (Å²) < 4.78 is 0. The molecule has 152 valence electrons. The number of hydrogen-bond donors (Lipinski definition) is 4. The minimum atomic E-state index is -0.580. The maximum atomic E-state index is 12.6. The van der Waals surface area contributed by atoms with Crippen LogP contribution < -0.4 is 16.0 Å². The first-order valence-electron chi connectivity index (χ1n) is 8.52. The Bertz CT molecular complexity index is 1110. The highest BCUT2D eigenvalue weighted by Crippen LogP contribution is 2.26. The van der Waals surface area contributed by atoms with Crippen LogP contribution in [0, 0.1) is 0 Å². The lowest BCUT2D eigenvalue weighted by atomic mass is 10.2. The largest absolute Gasteiger partial charge is 0.323 e. The van der Waals surface area contributed by atoms with Gasteiger partial charge in [-0.1, -0.05) is 35.8 Å². The molecular weight excluding hydrogens is 429 g/mol. The van der Waals surface area contributed by atoms with Gasteiger partial charge in [0.25, 0.3) is 11.8 Å². The highest BCUT2D eigenvalue weighted by Gasteiger charge is 2.20. The van der Waals surface area contributed by atoms with Crippen molar-refractivity contribution in [3.63, 3.8) is 0 Å². The van der Waals surface area contributed by atoms with E-state index in [0.717, 1.165) is 6.08 Å². The van der Waals surface area contributed by atoms with Gasteiger partial charge in [0.05, 0.1) is 27.5 Å². The van der Waals surface area contributed by atoms with Gasteiger partial charge in [-0.2, -0.15) is 5.10 Å². The van der Waals surface area contributed by atoms with Crippen molar-refractivity contribution in [3.8, 4) is 0 Å². The third-order valence-corrected chi connectivity index (χ3v) is 4.53. The standard InChI is InChI=1S/C20H15Cl2N5O3/c1-2-16(28)24-11-6-8-12(9-7-11)25-20(30)18-15(10-23-27-18)26-19(29)17-13(21)4-3-5-14(17)22/h2-10H,1H2,(H,23,27)(H,24,28)(H,25,30)(H,26,29). The third-order valence-electron chi connectivity index (χ3n) is 3.90. The summed E-state index contributed by atoms with van der Waals surface area (Å²) in [6.07, 6.45) is 2.45. The van der Waals surface area contributed by atoms with Crippen molar-refractivity contribution < 1.29 is 14.4 Å². The number of anilines is 3. The van der Waals surface area contributed by atoms with Crippen molar-refractivity contribution in [3.05, 3.63) is 82.6 Å². The molecule has 0 aliphatic rings. The summed E-state index contributed by atoms with van der Waals surface area (Å²) in [6.45, 7) is 3.38. The normalized spacial score (nSPS) is 10.2. The van der Waals surface area contributed by atoms with Gasteiger partial charge >= 0.3 is 0 Å². The second-order valence-corrected chi connectivity index (χ2v) is 6.75. The summed E-state index contributed by atoms with van der Waals surface area (Å²) in [4.78, 5) is 36.4. The number of rotatable bonds is 6. The SMILES string of the molecule is C=CC(=O)Nc1ccc(NC(=O)c2[nH]ncc2NC(=O)c2c(Cl)cccc2Cl)cc1. The van der Waals surface area contributed by atoms with Crippen LogP contribution in [0.5, 0.6) is 0 Å². The monoisotopic (exact) mass is 443 g/mol. The van der Waals surface area contributed by atoms with Gasteiger partial charge in [0.1, 0.15) is 5.69 Å². The Morgan fingerprint density at radius 2 is 1.50 bits per heavy atom. The number of aromatic amines is 1. The van der Waals surface area contributed by atoms with Crippen LogP contribution in [0.15, 0.2) is 61.3 Å². The number of H-pyrrole nitrogens is 1. The molecule has 3 amide bonds. The number of carbonyl (C=O) groups excluding carboxylic acids is 3. The van der Waals surface area contributed by atoms with Crippen LogP contribution in [-0.4, -0.2) is 27.9 Å². The minimum absolute atomic E-state index is 0.0376. The molecule has 0 saturated carbocycles. The van der Waals surface area contributed by atoms with E-state index in [9.17, 15) is 14.4 Å². The van der Waals surface area contributed by atoms with E-state index in [0.29, 0.717) is 11.4 Å². The summed E-state index contributed by atoms with van der Waals surface area (Å²) in [5.74, 6) is -1.46. The Labute approximate surface area is 181 Å². The number of amides is 3. The van der Waals surface area contributed by atoms with Gasteiger partial charge in [0.15, 0.2) is 0 Å². The summed E-state index contributed by atoms with van der Waals surface area (Å²) in [7, 11) is 0. The van der Waals surface area contributed by atoms with Crippen LogP contribution in [0.2, 0.25) is 10.0 Å². The number of benzene rings is 2. The summed E-state index contributed by atoms with van der Waals surface area (Å²) >= 11 is 12.1. The van der Waals surface area contributed by atoms with Gasteiger partial charge in [0, 0.05) is 11.4 Å². The molecular formula is C20H15Cl2N5O3. The lowest BCUT2D eigenvalue weighted by molar-refractivity contribution is -0.111. The number of nitrogens with zero attached hydrogens (tertiary/aromatic N) is 1. The molecule has 4 N–H and O–H groups in total. The fourth-order valence-electron chi connectivity index (χ4n) is 2.48. The molecule has 3 aromatic rings. The first-order valence-corrected chi connectivity index (χ1v) is 9.28. The molecule has 8 nitrogen and oxygen atoms in total. The van der Waals surface area contributed by atoms with E-state index in [4.69, 9.17) is 23.2 Å². The zero-order valence-corrected chi connectivity index (χ0v) is 16.8. The molecule has 0 atom stereocenters. The lowest BCUT2D eigenvalue weighted by Crippen LogP contribution is -2.18. The molecule has 1 heterocycles. The van der Waals surface area contributed by atoms with Crippen LogP contribution in [0.4, 0.5) is 17.1 Å². The van der Waals surface area contributed by atoms with Gasteiger partial charge in [-0.15, -0.1) is 0 Å². The number of nitrogens with one attached hydrogen (secondary N) is 4. The fourth-order valence-corrected chi connectivity index (χ4v) is 3.05. The van der Waals surface area contributed by atoms with Crippen molar-refractivity contribution in [2.45, 2.75) is 0 Å². The maximum Gasteiger partial charge on any atom is 0.275 e. The van der Waals surface area contributed by atoms with Gasteiger partial charge in [-0.25, -0.2) is 0 Å². The maximum absolute atomic E-state index is 12.6. The molecule has 0 saturated heterocycles. The average molecular weight is 444 g/mol. The smallest absolute Gasteiger partial charge is 0.275 e. The zero-order chi connectivity index (χ0) is 21.7. The minimum Gasteiger partial charge on any atom is -0.323 e. The van der Waals surface area contributed by atoms with Gasteiger partial charge in [0.2, 0.25) is 5.91 Å². The number of aromatic nitrogens is 2. The van der Waals surface area contributed by atoms with Crippen LogP contribution in [0.1, 0.15) is 20.8 Å². The molecule has 10 heteroatoms. The fraction of sp³-hybridized carbons (Fsp3) is 0. The van der Waals surface area contributed by atoms with E-state index >= 15 is 0 Å². The van der Waals surface area contributed by atoms with Crippen LogP contribution in [-0.2, 0) is 4.79 Å². The Balaban J connectivity index is 1.71. The summed E-state index contributed by atoms with van der Waals surface area (Å²) in [6, 6.07) is 11.1. The molecule has 0 bridgehead atoms. The topological polar surface area (TPSA) is 116 Å². The Morgan fingerprint density at radius 3 is 2.10 bits per heavy atom. The Morgan fingerprint density at radius 1 is 0.900 bits per heavy atom. The molecule has 30 heavy (non-hydrogen) atoms. The Hall–Kier alpha value is -3.62. The first-order chi connectivity index (χ1) is 14.4. The number of hydrogen-bond acceptors (Lipinski definition) is 4. The number of carbonyl (C=O) groups is 3. The van der Waals surface area contributed by atoms with E-state index in [-0.39, 0.29) is 32.9 Å². The highest BCUT2D eigenvalue weighted by molar-refractivity contribution is 6.40. The lowest BCUT2D eigenvalue weighted by Gasteiger charge is -2.09.